The van der Waals surface area contributed by atoms with Crippen LogP contribution in [0.3, 0.4) is 0 Å². The quantitative estimate of drug-likeness (QED) is 0.815. The van der Waals surface area contributed by atoms with E-state index in [0.717, 1.165) is 45.6 Å². The van der Waals surface area contributed by atoms with E-state index >= 15 is 0 Å². The summed E-state index contributed by atoms with van der Waals surface area (Å²) in [5.41, 5.74) is 3.97. The highest BCUT2D eigenvalue weighted by Gasteiger charge is 2.41. The lowest BCUT2D eigenvalue weighted by molar-refractivity contribution is -0.126. The Kier molecular flexibility index (Phi) is 6.19. The first-order valence-electron chi connectivity index (χ1n) is 11.0. The number of nitrogens with zero attached hydrogens (tertiary/aromatic N) is 2. The molecule has 2 unspecified atom stereocenters. The number of fused-ring (bicyclic) bond motifs is 3. The van der Waals surface area contributed by atoms with E-state index in [1.165, 1.54) is 16.8 Å². The van der Waals surface area contributed by atoms with Gasteiger partial charge in [-0.25, -0.2) is 0 Å². The van der Waals surface area contributed by atoms with Crippen LogP contribution in [0.4, 0.5) is 5.69 Å². The average molecular weight is 392 g/mol. The monoisotopic (exact) mass is 391 g/mol. The van der Waals surface area contributed by atoms with E-state index in [0.29, 0.717) is 5.92 Å². The molecule has 154 valence electrons. The maximum Gasteiger partial charge on any atom is 0.225 e. The number of rotatable bonds is 6. The van der Waals surface area contributed by atoms with Crippen LogP contribution in [0.25, 0.3) is 0 Å². The summed E-state index contributed by atoms with van der Waals surface area (Å²) >= 11 is 0. The molecule has 1 N–H and O–H groups in total. The van der Waals surface area contributed by atoms with Gasteiger partial charge in [-0.3, -0.25) is 9.69 Å². The van der Waals surface area contributed by atoms with Crippen molar-refractivity contribution in [2.45, 2.75) is 39.3 Å². The summed E-state index contributed by atoms with van der Waals surface area (Å²) < 4.78 is 0. The third-order valence-electron chi connectivity index (χ3n) is 6.31. The molecule has 2 aliphatic heterocycles. The summed E-state index contributed by atoms with van der Waals surface area (Å²) in [6.07, 6.45) is 1.87. The Bertz CT molecular complexity index is 820. The molecule has 0 spiro atoms. The van der Waals surface area contributed by atoms with Gasteiger partial charge in [0, 0.05) is 38.4 Å². The summed E-state index contributed by atoms with van der Waals surface area (Å²) in [4.78, 5) is 18.2. The molecule has 4 nitrogen and oxygen atoms in total. The van der Waals surface area contributed by atoms with Crippen LogP contribution in [0, 0.1) is 11.8 Å². The number of nitrogens with one attached hydrogen (secondary N) is 1. The zero-order chi connectivity index (χ0) is 20.2. The van der Waals surface area contributed by atoms with Gasteiger partial charge in [0.05, 0.1) is 12.0 Å². The molecule has 0 bridgehead atoms. The number of carbonyl (C=O) groups is 1. The SMILES string of the molecule is CC(C)CCNC(=O)C1Cc2ccccc2N2CCN(Cc3ccccc3)CC12. The van der Waals surface area contributed by atoms with Crippen LogP contribution in [-0.4, -0.2) is 43.0 Å². The number of hydrogen-bond acceptors (Lipinski definition) is 3. The van der Waals surface area contributed by atoms with Gasteiger partial charge in [0.15, 0.2) is 0 Å². The maximum absolute atomic E-state index is 13.2. The number of carbonyl (C=O) groups excluding carboxylic acids is 1. The minimum atomic E-state index is 0.00985. The van der Waals surface area contributed by atoms with Crippen LogP contribution in [0.2, 0.25) is 0 Å². The van der Waals surface area contributed by atoms with E-state index in [1.807, 2.05) is 0 Å². The molecule has 2 aromatic carbocycles. The average Bonchev–Trinajstić information content (AvgIpc) is 2.73. The van der Waals surface area contributed by atoms with Crippen molar-refractivity contribution in [3.05, 3.63) is 65.7 Å². The number of piperazine rings is 1. The summed E-state index contributed by atoms with van der Waals surface area (Å²) in [5.74, 6) is 0.835. The van der Waals surface area contributed by atoms with Gasteiger partial charge in [0.25, 0.3) is 0 Å². The fourth-order valence-electron chi connectivity index (χ4n) is 4.72. The molecule has 0 radical (unpaired) electrons. The van der Waals surface area contributed by atoms with Gasteiger partial charge in [0.1, 0.15) is 0 Å². The van der Waals surface area contributed by atoms with E-state index in [1.54, 1.807) is 0 Å². The van der Waals surface area contributed by atoms with Crippen molar-refractivity contribution in [2.75, 3.05) is 31.1 Å². The highest BCUT2D eigenvalue weighted by molar-refractivity contribution is 5.82. The highest BCUT2D eigenvalue weighted by atomic mass is 16.1. The molecule has 0 aliphatic carbocycles. The van der Waals surface area contributed by atoms with Gasteiger partial charge in [-0.15, -0.1) is 0 Å². The summed E-state index contributed by atoms with van der Waals surface area (Å²) in [7, 11) is 0. The molecule has 2 atom stereocenters. The molecule has 4 rings (SSSR count). The standard InChI is InChI=1S/C25H33N3O/c1-19(2)12-13-26-25(29)22-16-21-10-6-7-11-23(21)28-15-14-27(18-24(22)28)17-20-8-4-3-5-9-20/h3-11,19,22,24H,12-18H2,1-2H3,(H,26,29). The van der Waals surface area contributed by atoms with Gasteiger partial charge >= 0.3 is 0 Å². The van der Waals surface area contributed by atoms with Gasteiger partial charge in [-0.05, 0) is 36.0 Å². The van der Waals surface area contributed by atoms with E-state index in [2.05, 4.69) is 83.6 Å². The fraction of sp³-hybridized carbons (Fsp3) is 0.480. The molecule has 1 fully saturated rings. The minimum absolute atomic E-state index is 0.00985. The summed E-state index contributed by atoms with van der Waals surface area (Å²) in [6.45, 7) is 9.07. The Morgan fingerprint density at radius 3 is 2.62 bits per heavy atom. The molecule has 4 heteroatoms. The first-order valence-corrected chi connectivity index (χ1v) is 11.0. The first kappa shape index (κ1) is 20.0. The van der Waals surface area contributed by atoms with E-state index < -0.39 is 0 Å². The second-order valence-electron chi connectivity index (χ2n) is 8.89. The molecule has 1 amide bonds. The molecule has 1 saturated heterocycles. The van der Waals surface area contributed by atoms with E-state index in [4.69, 9.17) is 0 Å². The first-order chi connectivity index (χ1) is 14.1. The normalized spacial score (nSPS) is 21.6. The van der Waals surface area contributed by atoms with Crippen molar-refractivity contribution >= 4 is 11.6 Å². The predicted octanol–water partition coefficient (Wildman–Crippen LogP) is 3.71. The lowest BCUT2D eigenvalue weighted by atomic mass is 9.83. The number of hydrogen-bond donors (Lipinski definition) is 1. The van der Waals surface area contributed by atoms with Crippen molar-refractivity contribution in [1.82, 2.24) is 10.2 Å². The van der Waals surface area contributed by atoms with Crippen molar-refractivity contribution in [1.29, 1.82) is 0 Å². The zero-order valence-electron chi connectivity index (χ0n) is 17.7. The van der Waals surface area contributed by atoms with E-state index in [-0.39, 0.29) is 17.9 Å². The van der Waals surface area contributed by atoms with Crippen LogP contribution in [-0.2, 0) is 17.8 Å². The second kappa shape index (κ2) is 9.00. The third-order valence-corrected chi connectivity index (χ3v) is 6.31. The maximum atomic E-state index is 13.2. The van der Waals surface area contributed by atoms with Crippen LogP contribution in [0.15, 0.2) is 54.6 Å². The molecule has 29 heavy (non-hydrogen) atoms. The topological polar surface area (TPSA) is 35.6 Å². The predicted molar refractivity (Wildman–Crippen MR) is 119 cm³/mol. The third kappa shape index (κ3) is 4.64. The highest BCUT2D eigenvalue weighted by Crippen LogP contribution is 2.36. The Hall–Kier alpha value is -2.33. The number of benzene rings is 2. The number of amides is 1. The summed E-state index contributed by atoms with van der Waals surface area (Å²) in [5, 5.41) is 3.23. The fourth-order valence-corrected chi connectivity index (χ4v) is 4.72. The molecule has 2 aromatic rings. The molecular weight excluding hydrogens is 358 g/mol. The Morgan fingerprint density at radius 2 is 1.83 bits per heavy atom. The molecule has 0 aromatic heterocycles. The van der Waals surface area contributed by atoms with E-state index in [9.17, 15) is 4.79 Å². The van der Waals surface area contributed by atoms with Gasteiger partial charge < -0.3 is 10.2 Å². The molecule has 2 aliphatic rings. The van der Waals surface area contributed by atoms with Crippen LogP contribution in [0.1, 0.15) is 31.4 Å². The largest absolute Gasteiger partial charge is 0.365 e. The zero-order valence-corrected chi connectivity index (χ0v) is 17.7. The summed E-state index contributed by atoms with van der Waals surface area (Å²) in [6, 6.07) is 19.5. The number of anilines is 1. The smallest absolute Gasteiger partial charge is 0.225 e. The lowest BCUT2D eigenvalue weighted by Crippen LogP contribution is -2.60. The van der Waals surface area contributed by atoms with Crippen LogP contribution in [0.5, 0.6) is 0 Å². The van der Waals surface area contributed by atoms with Crippen molar-refractivity contribution in [2.24, 2.45) is 11.8 Å². The molecule has 2 heterocycles. The number of para-hydroxylation sites is 1. The second-order valence-corrected chi connectivity index (χ2v) is 8.89. The molecule has 0 saturated carbocycles. The van der Waals surface area contributed by atoms with Gasteiger partial charge in [0.2, 0.25) is 5.91 Å². The minimum Gasteiger partial charge on any atom is -0.365 e. The Balaban J connectivity index is 1.51. The van der Waals surface area contributed by atoms with Crippen molar-refractivity contribution in [3.63, 3.8) is 0 Å². The van der Waals surface area contributed by atoms with Crippen molar-refractivity contribution < 1.29 is 4.79 Å². The van der Waals surface area contributed by atoms with Gasteiger partial charge in [-0.2, -0.15) is 0 Å². The van der Waals surface area contributed by atoms with Gasteiger partial charge in [-0.1, -0.05) is 62.4 Å². The van der Waals surface area contributed by atoms with Crippen molar-refractivity contribution in [3.8, 4) is 0 Å². The Morgan fingerprint density at radius 1 is 1.07 bits per heavy atom. The molecular formula is C25H33N3O. The lowest BCUT2D eigenvalue weighted by Gasteiger charge is -2.49. The van der Waals surface area contributed by atoms with Crippen LogP contribution < -0.4 is 10.2 Å². The Labute approximate surface area is 174 Å². The van der Waals surface area contributed by atoms with Crippen LogP contribution >= 0.6 is 0 Å².